The van der Waals surface area contributed by atoms with Crippen LogP contribution in [0.4, 0.5) is 16.2 Å². The Morgan fingerprint density at radius 1 is 1.07 bits per heavy atom. The fourth-order valence-corrected chi connectivity index (χ4v) is 6.52. The van der Waals surface area contributed by atoms with E-state index >= 15 is 0 Å². The first kappa shape index (κ1) is 28.0. The minimum absolute atomic E-state index is 0.0871. The number of fused-ring (bicyclic) bond motifs is 1. The monoisotopic (exact) mass is 603 g/mol. The highest BCUT2D eigenvalue weighted by molar-refractivity contribution is 7.92. The summed E-state index contributed by atoms with van der Waals surface area (Å²) in [6, 6.07) is 10.2. The second-order valence-electron chi connectivity index (χ2n) is 8.91. The second-order valence-corrected chi connectivity index (χ2v) is 12.5. The third kappa shape index (κ3) is 6.77. The minimum atomic E-state index is -4.06. The van der Waals surface area contributed by atoms with Crippen LogP contribution in [-0.2, 0) is 14.8 Å². The van der Waals surface area contributed by atoms with Crippen molar-refractivity contribution in [3.63, 3.8) is 0 Å². The number of carbonyl (C=O) groups excluding carboxylic acids is 1. The predicted molar refractivity (Wildman–Crippen MR) is 154 cm³/mol. The maximum atomic E-state index is 13.1. The van der Waals surface area contributed by atoms with E-state index in [-0.39, 0.29) is 25.6 Å². The quantitative estimate of drug-likeness (QED) is 0.245. The van der Waals surface area contributed by atoms with E-state index in [1.165, 1.54) is 41.4 Å². The molecule has 0 radical (unpaired) electrons. The molecule has 1 aromatic carbocycles. The van der Waals surface area contributed by atoms with E-state index in [2.05, 4.69) is 25.5 Å². The summed E-state index contributed by atoms with van der Waals surface area (Å²) in [6.45, 7) is 5.30. The fraction of sp³-hybridized carbons (Fsp3) is 0.280. The number of aromatic nitrogens is 3. The average Bonchev–Trinajstić information content (AvgIpc) is 3.39. The maximum Gasteiger partial charge on any atom is 0.333 e. The molecule has 0 atom stereocenters. The molecule has 0 spiro atoms. The van der Waals surface area contributed by atoms with Gasteiger partial charge in [-0.05, 0) is 55.4 Å². The summed E-state index contributed by atoms with van der Waals surface area (Å²) in [5, 5.41) is 6.23. The minimum Gasteiger partial charge on any atom is -0.385 e. The molecule has 2 amide bonds. The molecule has 1 aliphatic rings. The van der Waals surface area contributed by atoms with Crippen LogP contribution in [0.2, 0.25) is 4.34 Å². The summed E-state index contributed by atoms with van der Waals surface area (Å²) in [6.07, 6.45) is 3.70. The van der Waals surface area contributed by atoms with Gasteiger partial charge in [-0.2, -0.15) is 0 Å². The Balaban J connectivity index is 1.20. The van der Waals surface area contributed by atoms with Gasteiger partial charge in [0.2, 0.25) is 0 Å². The number of amides is 2. The zero-order chi connectivity index (χ0) is 28.1. The van der Waals surface area contributed by atoms with Crippen molar-refractivity contribution >= 4 is 61.3 Å². The third-order valence-electron chi connectivity index (χ3n) is 6.14. The molecular weight excluding hydrogens is 578 g/mol. The van der Waals surface area contributed by atoms with Gasteiger partial charge in [-0.25, -0.2) is 27.9 Å². The van der Waals surface area contributed by atoms with E-state index in [0.29, 0.717) is 10.9 Å². The van der Waals surface area contributed by atoms with Gasteiger partial charge in [0.05, 0.1) is 40.3 Å². The molecule has 0 bridgehead atoms. The van der Waals surface area contributed by atoms with Crippen LogP contribution >= 0.6 is 22.9 Å². The fourth-order valence-electron chi connectivity index (χ4n) is 4.13. The lowest BCUT2D eigenvalue weighted by Crippen LogP contribution is -2.37. The van der Waals surface area contributed by atoms with Gasteiger partial charge in [-0.3, -0.25) is 14.3 Å². The highest BCUT2D eigenvalue weighted by Gasteiger charge is 2.20. The Kier molecular flexibility index (Phi) is 8.61. The molecular formula is C25H26ClN7O5S2. The Labute approximate surface area is 239 Å². The van der Waals surface area contributed by atoms with Gasteiger partial charge >= 0.3 is 6.03 Å². The van der Waals surface area contributed by atoms with Crippen LogP contribution in [0.15, 0.2) is 64.0 Å². The van der Waals surface area contributed by atoms with Crippen LogP contribution in [0.25, 0.3) is 16.7 Å². The largest absolute Gasteiger partial charge is 0.385 e. The molecule has 210 valence electrons. The number of urea groups is 1. The Morgan fingerprint density at radius 3 is 2.60 bits per heavy atom. The van der Waals surface area contributed by atoms with Gasteiger partial charge in [0.25, 0.3) is 15.6 Å². The number of morpholine rings is 1. The van der Waals surface area contributed by atoms with Crippen molar-refractivity contribution in [3.05, 3.63) is 69.7 Å². The predicted octanol–water partition coefficient (Wildman–Crippen LogP) is 3.14. The van der Waals surface area contributed by atoms with Crippen molar-refractivity contribution in [2.45, 2.75) is 10.6 Å². The number of carbonyl (C=O) groups is 1. The van der Waals surface area contributed by atoms with E-state index < -0.39 is 16.1 Å². The van der Waals surface area contributed by atoms with E-state index in [1.54, 1.807) is 6.07 Å². The number of sulfonamides is 1. The van der Waals surface area contributed by atoms with Gasteiger partial charge in [-0.1, -0.05) is 11.6 Å². The molecule has 1 saturated heterocycles. The van der Waals surface area contributed by atoms with Crippen LogP contribution in [0.5, 0.6) is 0 Å². The molecule has 4 aromatic rings. The molecule has 1 aliphatic heterocycles. The molecule has 0 aliphatic carbocycles. The smallest absolute Gasteiger partial charge is 0.333 e. The molecule has 15 heteroatoms. The molecule has 3 N–H and O–H groups in total. The zero-order valence-electron chi connectivity index (χ0n) is 21.2. The number of hydrogen-bond donors (Lipinski definition) is 3. The van der Waals surface area contributed by atoms with Crippen LogP contribution in [-0.4, -0.2) is 73.3 Å². The van der Waals surface area contributed by atoms with E-state index in [9.17, 15) is 18.0 Å². The van der Waals surface area contributed by atoms with Gasteiger partial charge in [0, 0.05) is 25.3 Å². The van der Waals surface area contributed by atoms with Gasteiger partial charge in [0.15, 0.2) is 0 Å². The topological polar surface area (TPSA) is 148 Å². The molecule has 1 fully saturated rings. The van der Waals surface area contributed by atoms with Crippen molar-refractivity contribution in [2.24, 2.45) is 0 Å². The normalized spacial score (nSPS) is 14.2. The number of anilines is 2. The number of nitrogens with zero attached hydrogens (tertiary/aromatic N) is 4. The van der Waals surface area contributed by atoms with Crippen LogP contribution in [0.3, 0.4) is 0 Å². The SMILES string of the molecule is O=C(Nc1ccc(-n2cnc3cc(NCCCN4CCOCC4)ccc3c2=O)nc1)NS(=O)(=O)c1ccc(Cl)s1. The Bertz CT molecular complexity index is 1670. The molecule has 3 aromatic heterocycles. The number of benzene rings is 1. The lowest BCUT2D eigenvalue weighted by Gasteiger charge is -2.26. The lowest BCUT2D eigenvalue weighted by molar-refractivity contribution is 0.0378. The standard InChI is InChI=1S/C25H26ClN7O5S2/c26-21-5-7-23(39-21)40(36,37)31-25(35)30-18-3-6-22(28-15-18)33-16-29-20-14-17(2-4-19(20)24(33)34)27-8-1-9-32-10-12-38-13-11-32/h2-7,14-16,27H,1,8-13H2,(H2,30,31,35). The van der Waals surface area contributed by atoms with E-state index in [4.69, 9.17) is 16.3 Å². The number of hydrogen-bond acceptors (Lipinski definition) is 10. The van der Waals surface area contributed by atoms with E-state index in [0.717, 1.165) is 62.8 Å². The van der Waals surface area contributed by atoms with Crippen molar-refractivity contribution < 1.29 is 17.9 Å². The first-order valence-electron chi connectivity index (χ1n) is 12.4. The summed E-state index contributed by atoms with van der Waals surface area (Å²) in [7, 11) is -4.06. The van der Waals surface area contributed by atoms with Crippen molar-refractivity contribution in [1.82, 2.24) is 24.2 Å². The highest BCUT2D eigenvalue weighted by atomic mass is 35.5. The molecule has 0 saturated carbocycles. The first-order valence-corrected chi connectivity index (χ1v) is 15.1. The summed E-state index contributed by atoms with van der Waals surface area (Å²) < 4.78 is 33.4. The zero-order valence-corrected chi connectivity index (χ0v) is 23.6. The number of thiophene rings is 1. The van der Waals surface area contributed by atoms with Gasteiger partial charge in [-0.15, -0.1) is 11.3 Å². The first-order chi connectivity index (χ1) is 19.3. The number of ether oxygens (including phenoxy) is 1. The second kappa shape index (κ2) is 12.3. The molecule has 12 nitrogen and oxygen atoms in total. The Morgan fingerprint density at radius 2 is 1.88 bits per heavy atom. The number of nitrogens with one attached hydrogen (secondary N) is 3. The molecule has 40 heavy (non-hydrogen) atoms. The van der Waals surface area contributed by atoms with E-state index in [1.807, 2.05) is 16.9 Å². The summed E-state index contributed by atoms with van der Waals surface area (Å²) in [5.41, 5.74) is 1.38. The van der Waals surface area contributed by atoms with Crippen molar-refractivity contribution in [3.8, 4) is 5.82 Å². The summed E-state index contributed by atoms with van der Waals surface area (Å²) in [4.78, 5) is 36.4. The number of rotatable bonds is 9. The average molecular weight is 604 g/mol. The van der Waals surface area contributed by atoms with Gasteiger partial charge in [0.1, 0.15) is 16.4 Å². The van der Waals surface area contributed by atoms with Crippen LogP contribution in [0.1, 0.15) is 6.42 Å². The lowest BCUT2D eigenvalue weighted by atomic mass is 10.2. The molecule has 4 heterocycles. The Hall–Kier alpha value is -3.56. The van der Waals surface area contributed by atoms with Crippen LogP contribution in [0, 0.1) is 0 Å². The van der Waals surface area contributed by atoms with Crippen molar-refractivity contribution in [2.75, 3.05) is 50.0 Å². The highest BCUT2D eigenvalue weighted by Crippen LogP contribution is 2.25. The van der Waals surface area contributed by atoms with Gasteiger partial charge < -0.3 is 15.4 Å². The van der Waals surface area contributed by atoms with Crippen LogP contribution < -0.4 is 20.9 Å². The van der Waals surface area contributed by atoms with Crippen molar-refractivity contribution in [1.29, 1.82) is 0 Å². The summed E-state index contributed by atoms with van der Waals surface area (Å²) in [5.74, 6) is 0.288. The number of pyridine rings is 1. The maximum absolute atomic E-state index is 13.1. The molecule has 5 rings (SSSR count). The summed E-state index contributed by atoms with van der Waals surface area (Å²) >= 11 is 6.61. The molecule has 0 unspecified atom stereocenters. The third-order valence-corrected chi connectivity index (χ3v) is 9.19. The number of halogens is 1.